The van der Waals surface area contributed by atoms with E-state index >= 15 is 0 Å². The highest BCUT2D eigenvalue weighted by atomic mass is 16.2. The first-order valence-corrected chi connectivity index (χ1v) is 7.92. The molecule has 4 N–H and O–H groups in total. The van der Waals surface area contributed by atoms with E-state index in [2.05, 4.69) is 15.6 Å². The Kier molecular flexibility index (Phi) is 4.38. The number of carbonyl (C=O) groups excluding carboxylic acids is 2. The van der Waals surface area contributed by atoms with E-state index in [1.54, 1.807) is 24.5 Å². The number of hydrogen-bond donors (Lipinski definition) is 3. The Morgan fingerprint density at radius 3 is 2.84 bits per heavy atom. The van der Waals surface area contributed by atoms with Crippen molar-refractivity contribution in [1.82, 2.24) is 14.7 Å². The Hall–Kier alpha value is -3.35. The molecule has 0 saturated heterocycles. The maximum Gasteiger partial charge on any atom is 0.319 e. The van der Waals surface area contributed by atoms with Gasteiger partial charge in [-0.15, -0.1) is 0 Å². The molecule has 0 spiro atoms. The Labute approximate surface area is 144 Å². The molecule has 0 atom stereocenters. The molecule has 128 valence electrons. The second-order valence-electron chi connectivity index (χ2n) is 5.63. The molecule has 0 saturated carbocycles. The summed E-state index contributed by atoms with van der Waals surface area (Å²) >= 11 is 0. The zero-order chi connectivity index (χ0) is 18.0. The van der Waals surface area contributed by atoms with Gasteiger partial charge in [0.1, 0.15) is 0 Å². The van der Waals surface area contributed by atoms with Gasteiger partial charge in [0, 0.05) is 36.3 Å². The zero-order valence-electron chi connectivity index (χ0n) is 14.0. The highest BCUT2D eigenvalue weighted by molar-refractivity contribution is 5.97. The van der Waals surface area contributed by atoms with Gasteiger partial charge in [-0.1, -0.05) is 12.1 Å². The molecule has 0 aliphatic rings. The molecule has 3 aromatic rings. The summed E-state index contributed by atoms with van der Waals surface area (Å²) in [6.07, 6.45) is 5.36. The monoisotopic (exact) mass is 337 g/mol. The van der Waals surface area contributed by atoms with E-state index in [9.17, 15) is 9.59 Å². The lowest BCUT2D eigenvalue weighted by atomic mass is 9.97. The largest absolute Gasteiger partial charge is 0.366 e. The van der Waals surface area contributed by atoms with E-state index in [0.717, 1.165) is 16.7 Å². The van der Waals surface area contributed by atoms with Crippen LogP contribution in [0.3, 0.4) is 0 Å². The van der Waals surface area contributed by atoms with Crippen molar-refractivity contribution in [2.75, 3.05) is 11.9 Å². The minimum absolute atomic E-state index is 0.299. The van der Waals surface area contributed by atoms with Crippen LogP contribution in [0.5, 0.6) is 0 Å². The molecular formula is C18H19N5O2. The van der Waals surface area contributed by atoms with E-state index in [4.69, 9.17) is 5.73 Å². The number of amides is 3. The molecule has 0 radical (unpaired) electrons. The number of primary amides is 1. The van der Waals surface area contributed by atoms with Crippen molar-refractivity contribution in [3.63, 3.8) is 0 Å². The number of benzene rings is 1. The summed E-state index contributed by atoms with van der Waals surface area (Å²) in [6.45, 7) is 4.22. The van der Waals surface area contributed by atoms with Crippen LogP contribution in [0.1, 0.15) is 22.8 Å². The number of rotatable bonds is 4. The molecule has 3 rings (SSSR count). The molecule has 2 heterocycles. The van der Waals surface area contributed by atoms with Crippen LogP contribution < -0.4 is 16.4 Å². The smallest absolute Gasteiger partial charge is 0.319 e. The molecule has 3 amide bonds. The molecule has 7 nitrogen and oxygen atoms in total. The van der Waals surface area contributed by atoms with Crippen molar-refractivity contribution in [1.29, 1.82) is 0 Å². The van der Waals surface area contributed by atoms with Crippen LogP contribution in [0, 0.1) is 6.92 Å². The standard InChI is InChI=1S/C18H19N5O2/c1-3-20-18(25)22-15-9-12(10-23-8-7-21-17(15)23)13-5-4-6-14(11(13)2)16(19)24/h4-10H,3H2,1-2H3,(H2,19,24)(H2,20,22,25). The molecule has 0 fully saturated rings. The summed E-state index contributed by atoms with van der Waals surface area (Å²) < 4.78 is 1.83. The number of hydrogen-bond acceptors (Lipinski definition) is 3. The number of imidazole rings is 1. The topological polar surface area (TPSA) is 102 Å². The lowest BCUT2D eigenvalue weighted by molar-refractivity contribution is 0.0999. The maximum atomic E-state index is 11.9. The van der Waals surface area contributed by atoms with Crippen LogP contribution in [0.4, 0.5) is 10.5 Å². The number of nitrogens with two attached hydrogens (primary N) is 1. The Morgan fingerprint density at radius 2 is 2.12 bits per heavy atom. The third kappa shape index (κ3) is 3.16. The Bertz CT molecular complexity index is 961. The quantitative estimate of drug-likeness (QED) is 0.682. The van der Waals surface area contributed by atoms with Crippen LogP contribution in [-0.4, -0.2) is 27.9 Å². The van der Waals surface area contributed by atoms with Gasteiger partial charge in [-0.2, -0.15) is 0 Å². The lowest BCUT2D eigenvalue weighted by Crippen LogP contribution is -2.28. The first-order chi connectivity index (χ1) is 12.0. The second kappa shape index (κ2) is 6.64. The van der Waals surface area contributed by atoms with Crippen molar-refractivity contribution in [2.45, 2.75) is 13.8 Å². The van der Waals surface area contributed by atoms with Crippen LogP contribution in [-0.2, 0) is 0 Å². The molecule has 2 aromatic heterocycles. The second-order valence-corrected chi connectivity index (χ2v) is 5.63. The van der Waals surface area contributed by atoms with Crippen LogP contribution in [0.15, 0.2) is 42.9 Å². The molecule has 7 heteroatoms. The number of carbonyl (C=O) groups is 2. The predicted octanol–water partition coefficient (Wildman–Crippen LogP) is 2.55. The van der Waals surface area contributed by atoms with E-state index in [1.807, 2.05) is 36.6 Å². The van der Waals surface area contributed by atoms with Crippen molar-refractivity contribution in [3.8, 4) is 11.1 Å². The van der Waals surface area contributed by atoms with E-state index < -0.39 is 5.91 Å². The van der Waals surface area contributed by atoms with Gasteiger partial charge in [0.05, 0.1) is 5.69 Å². The molecular weight excluding hydrogens is 318 g/mol. The van der Waals surface area contributed by atoms with Crippen LogP contribution in [0.2, 0.25) is 0 Å². The van der Waals surface area contributed by atoms with Gasteiger partial charge < -0.3 is 20.8 Å². The number of aromatic nitrogens is 2. The van der Waals surface area contributed by atoms with Crippen LogP contribution >= 0.6 is 0 Å². The van der Waals surface area contributed by atoms with E-state index in [-0.39, 0.29) is 6.03 Å². The molecule has 1 aromatic carbocycles. The zero-order valence-corrected chi connectivity index (χ0v) is 14.0. The van der Waals surface area contributed by atoms with Gasteiger partial charge in [-0.25, -0.2) is 9.78 Å². The number of anilines is 1. The van der Waals surface area contributed by atoms with Gasteiger partial charge >= 0.3 is 6.03 Å². The number of urea groups is 1. The molecule has 0 aliphatic carbocycles. The normalized spacial score (nSPS) is 10.6. The van der Waals surface area contributed by atoms with Gasteiger partial charge in [-0.3, -0.25) is 4.79 Å². The summed E-state index contributed by atoms with van der Waals surface area (Å²) in [7, 11) is 0. The molecule has 0 unspecified atom stereocenters. The average Bonchev–Trinajstić information content (AvgIpc) is 3.03. The fourth-order valence-electron chi connectivity index (χ4n) is 2.81. The Morgan fingerprint density at radius 1 is 1.32 bits per heavy atom. The highest BCUT2D eigenvalue weighted by Crippen LogP contribution is 2.29. The van der Waals surface area contributed by atoms with Gasteiger partial charge in [0.15, 0.2) is 5.65 Å². The highest BCUT2D eigenvalue weighted by Gasteiger charge is 2.14. The number of fused-ring (bicyclic) bond motifs is 1. The molecule has 0 aliphatic heterocycles. The van der Waals surface area contributed by atoms with Crippen LogP contribution in [0.25, 0.3) is 16.8 Å². The van der Waals surface area contributed by atoms with E-state index in [0.29, 0.717) is 23.4 Å². The average molecular weight is 337 g/mol. The first kappa shape index (κ1) is 16.5. The minimum Gasteiger partial charge on any atom is -0.366 e. The third-order valence-electron chi connectivity index (χ3n) is 3.98. The number of nitrogens with one attached hydrogen (secondary N) is 2. The van der Waals surface area contributed by atoms with Crippen molar-refractivity contribution in [2.24, 2.45) is 5.73 Å². The lowest BCUT2D eigenvalue weighted by Gasteiger charge is -2.13. The Balaban J connectivity index is 2.13. The van der Waals surface area contributed by atoms with Crippen molar-refractivity contribution in [3.05, 3.63) is 54.0 Å². The van der Waals surface area contributed by atoms with Crippen molar-refractivity contribution < 1.29 is 9.59 Å². The fourth-order valence-corrected chi connectivity index (χ4v) is 2.81. The number of nitrogens with zero attached hydrogens (tertiary/aromatic N) is 2. The first-order valence-electron chi connectivity index (χ1n) is 7.92. The third-order valence-corrected chi connectivity index (χ3v) is 3.98. The van der Waals surface area contributed by atoms with Gasteiger partial charge in [0.2, 0.25) is 5.91 Å². The van der Waals surface area contributed by atoms with Crippen molar-refractivity contribution >= 4 is 23.3 Å². The predicted molar refractivity (Wildman–Crippen MR) is 96.6 cm³/mol. The summed E-state index contributed by atoms with van der Waals surface area (Å²) in [5.74, 6) is -0.469. The van der Waals surface area contributed by atoms with Gasteiger partial charge in [0.25, 0.3) is 0 Å². The molecule has 0 bridgehead atoms. The molecule has 25 heavy (non-hydrogen) atoms. The van der Waals surface area contributed by atoms with Gasteiger partial charge in [-0.05, 0) is 37.1 Å². The maximum absolute atomic E-state index is 11.9. The number of pyridine rings is 1. The summed E-state index contributed by atoms with van der Waals surface area (Å²) in [6, 6.07) is 6.94. The minimum atomic E-state index is -0.469. The summed E-state index contributed by atoms with van der Waals surface area (Å²) in [5, 5.41) is 5.51. The van der Waals surface area contributed by atoms with E-state index in [1.165, 1.54) is 0 Å². The summed E-state index contributed by atoms with van der Waals surface area (Å²) in [4.78, 5) is 27.8. The fraction of sp³-hybridized carbons (Fsp3) is 0.167. The SMILES string of the molecule is CCNC(=O)Nc1cc(-c2cccc(C(N)=O)c2C)cn2ccnc12. The summed E-state index contributed by atoms with van der Waals surface area (Å²) in [5.41, 5.74) is 9.64.